The molecule has 0 amide bonds. The van der Waals surface area contributed by atoms with Crippen molar-refractivity contribution >= 4 is 16.9 Å². The molecule has 0 spiro atoms. The SMILES string of the molecule is COC(=O)c1cccc2c(C)cn(Cc3ccccc3)c12. The lowest BCUT2D eigenvalue weighted by Gasteiger charge is -2.09. The molecule has 0 atom stereocenters. The number of carbonyl (C=O) groups excluding carboxylic acids is 1. The van der Waals surface area contributed by atoms with Gasteiger partial charge in [0, 0.05) is 18.1 Å². The second-order valence-corrected chi connectivity index (χ2v) is 5.12. The molecule has 1 aromatic heterocycles. The summed E-state index contributed by atoms with van der Waals surface area (Å²) >= 11 is 0. The Balaban J connectivity index is 2.16. The van der Waals surface area contributed by atoms with E-state index < -0.39 is 0 Å². The molecule has 3 heteroatoms. The lowest BCUT2D eigenvalue weighted by atomic mass is 10.1. The van der Waals surface area contributed by atoms with Gasteiger partial charge in [-0.05, 0) is 24.1 Å². The zero-order chi connectivity index (χ0) is 14.8. The predicted molar refractivity (Wildman–Crippen MR) is 83.6 cm³/mol. The van der Waals surface area contributed by atoms with Gasteiger partial charge >= 0.3 is 5.97 Å². The summed E-state index contributed by atoms with van der Waals surface area (Å²) in [5, 5.41) is 1.09. The molecule has 3 rings (SSSR count). The maximum Gasteiger partial charge on any atom is 0.340 e. The van der Waals surface area contributed by atoms with Crippen molar-refractivity contribution in [2.45, 2.75) is 13.5 Å². The molecular weight excluding hydrogens is 262 g/mol. The normalized spacial score (nSPS) is 10.8. The van der Waals surface area contributed by atoms with E-state index in [1.807, 2.05) is 36.4 Å². The van der Waals surface area contributed by atoms with Gasteiger partial charge in [0.2, 0.25) is 0 Å². The lowest BCUT2D eigenvalue weighted by Crippen LogP contribution is -2.06. The first-order valence-electron chi connectivity index (χ1n) is 6.91. The van der Waals surface area contributed by atoms with Crippen molar-refractivity contribution < 1.29 is 9.53 Å². The van der Waals surface area contributed by atoms with Crippen LogP contribution in [-0.2, 0) is 11.3 Å². The number of para-hydroxylation sites is 1. The summed E-state index contributed by atoms with van der Waals surface area (Å²) in [6, 6.07) is 16.0. The number of benzene rings is 2. The average Bonchev–Trinajstić information content (AvgIpc) is 2.84. The average molecular weight is 279 g/mol. The fourth-order valence-electron chi connectivity index (χ4n) is 2.72. The van der Waals surface area contributed by atoms with Crippen LogP contribution >= 0.6 is 0 Å². The van der Waals surface area contributed by atoms with Crippen molar-refractivity contribution in [2.75, 3.05) is 7.11 Å². The van der Waals surface area contributed by atoms with Gasteiger partial charge in [0.15, 0.2) is 0 Å². The Hall–Kier alpha value is -2.55. The highest BCUT2D eigenvalue weighted by molar-refractivity contribution is 6.04. The zero-order valence-corrected chi connectivity index (χ0v) is 12.2. The lowest BCUT2D eigenvalue weighted by molar-refractivity contribution is 0.0602. The third kappa shape index (κ3) is 2.42. The van der Waals surface area contributed by atoms with Crippen LogP contribution in [0.5, 0.6) is 0 Å². The van der Waals surface area contributed by atoms with Gasteiger partial charge < -0.3 is 9.30 Å². The Bertz CT molecular complexity index is 788. The third-order valence-electron chi connectivity index (χ3n) is 3.70. The van der Waals surface area contributed by atoms with Gasteiger partial charge in [0.1, 0.15) is 0 Å². The molecule has 0 saturated heterocycles. The van der Waals surface area contributed by atoms with Gasteiger partial charge in [0.05, 0.1) is 18.2 Å². The highest BCUT2D eigenvalue weighted by Crippen LogP contribution is 2.25. The van der Waals surface area contributed by atoms with E-state index in [-0.39, 0.29) is 5.97 Å². The van der Waals surface area contributed by atoms with Gasteiger partial charge in [-0.15, -0.1) is 0 Å². The zero-order valence-electron chi connectivity index (χ0n) is 12.2. The number of aryl methyl sites for hydroxylation is 1. The molecule has 0 fully saturated rings. The van der Waals surface area contributed by atoms with Crippen molar-refractivity contribution in [3.8, 4) is 0 Å². The largest absolute Gasteiger partial charge is 0.465 e. The summed E-state index contributed by atoms with van der Waals surface area (Å²) in [7, 11) is 1.42. The summed E-state index contributed by atoms with van der Waals surface area (Å²) in [5.74, 6) is -0.298. The topological polar surface area (TPSA) is 31.2 Å². The second-order valence-electron chi connectivity index (χ2n) is 5.12. The molecule has 0 radical (unpaired) electrons. The van der Waals surface area contributed by atoms with Gasteiger partial charge in [-0.25, -0.2) is 4.79 Å². The quantitative estimate of drug-likeness (QED) is 0.683. The minimum absolute atomic E-state index is 0.298. The first kappa shape index (κ1) is 13.4. The van der Waals surface area contributed by atoms with Crippen molar-refractivity contribution in [1.29, 1.82) is 0 Å². The molecule has 0 aliphatic carbocycles. The van der Waals surface area contributed by atoms with Gasteiger partial charge in [-0.2, -0.15) is 0 Å². The molecule has 0 saturated carbocycles. The molecule has 0 unspecified atom stereocenters. The number of aromatic nitrogens is 1. The smallest absolute Gasteiger partial charge is 0.340 e. The van der Waals surface area contributed by atoms with Crippen LogP contribution in [-0.4, -0.2) is 17.6 Å². The fraction of sp³-hybridized carbons (Fsp3) is 0.167. The molecule has 0 aliphatic rings. The van der Waals surface area contributed by atoms with E-state index in [9.17, 15) is 4.79 Å². The standard InChI is InChI=1S/C18H17NO2/c1-13-11-19(12-14-7-4-3-5-8-14)17-15(13)9-6-10-16(17)18(20)21-2/h3-11H,12H2,1-2H3. The van der Waals surface area contributed by atoms with E-state index in [4.69, 9.17) is 4.74 Å². The molecule has 106 valence electrons. The second kappa shape index (κ2) is 5.44. The third-order valence-corrected chi connectivity index (χ3v) is 3.70. The van der Waals surface area contributed by atoms with Crippen LogP contribution in [0.2, 0.25) is 0 Å². The summed E-state index contributed by atoms with van der Waals surface area (Å²) in [4.78, 5) is 12.0. The monoisotopic (exact) mass is 279 g/mol. The maximum absolute atomic E-state index is 12.0. The predicted octanol–water partition coefficient (Wildman–Crippen LogP) is 3.78. The van der Waals surface area contributed by atoms with Crippen LogP contribution < -0.4 is 0 Å². The summed E-state index contributed by atoms with van der Waals surface area (Å²) in [6.45, 7) is 2.80. The minimum Gasteiger partial charge on any atom is -0.465 e. The Kier molecular flexibility index (Phi) is 3.48. The van der Waals surface area contributed by atoms with Crippen LogP contribution in [0.3, 0.4) is 0 Å². The maximum atomic E-state index is 12.0. The highest BCUT2D eigenvalue weighted by Gasteiger charge is 2.15. The molecular formula is C18H17NO2. The first-order valence-corrected chi connectivity index (χ1v) is 6.91. The van der Waals surface area contributed by atoms with E-state index in [1.54, 1.807) is 0 Å². The first-order chi connectivity index (χ1) is 10.2. The van der Waals surface area contributed by atoms with Crippen molar-refractivity contribution in [3.05, 3.63) is 71.4 Å². The van der Waals surface area contributed by atoms with Crippen LogP contribution in [0.15, 0.2) is 54.7 Å². The van der Waals surface area contributed by atoms with Crippen LogP contribution in [0.4, 0.5) is 0 Å². The number of esters is 1. The Morgan fingerprint density at radius 2 is 1.86 bits per heavy atom. The van der Waals surface area contributed by atoms with Crippen molar-refractivity contribution in [3.63, 3.8) is 0 Å². The summed E-state index contributed by atoms with van der Waals surface area (Å²) in [6.07, 6.45) is 2.09. The van der Waals surface area contributed by atoms with E-state index >= 15 is 0 Å². The molecule has 3 nitrogen and oxygen atoms in total. The molecule has 3 aromatic rings. The van der Waals surface area contributed by atoms with Gasteiger partial charge in [-0.1, -0.05) is 42.5 Å². The van der Waals surface area contributed by atoms with Gasteiger partial charge in [0.25, 0.3) is 0 Å². The van der Waals surface area contributed by atoms with Crippen molar-refractivity contribution in [2.24, 2.45) is 0 Å². The van der Waals surface area contributed by atoms with Crippen LogP contribution in [0.1, 0.15) is 21.5 Å². The Labute approximate surface area is 123 Å². The summed E-state index contributed by atoms with van der Waals surface area (Å²) < 4.78 is 7.02. The van der Waals surface area contributed by atoms with E-state index in [1.165, 1.54) is 12.7 Å². The van der Waals surface area contributed by atoms with Crippen LogP contribution in [0.25, 0.3) is 10.9 Å². The fourth-order valence-corrected chi connectivity index (χ4v) is 2.72. The molecule has 21 heavy (non-hydrogen) atoms. The Morgan fingerprint density at radius 3 is 2.57 bits per heavy atom. The number of fused-ring (bicyclic) bond motifs is 1. The highest BCUT2D eigenvalue weighted by atomic mass is 16.5. The molecule has 0 aliphatic heterocycles. The van der Waals surface area contributed by atoms with Crippen molar-refractivity contribution in [1.82, 2.24) is 4.57 Å². The molecule has 0 N–H and O–H groups in total. The van der Waals surface area contributed by atoms with E-state index in [0.29, 0.717) is 5.56 Å². The molecule has 1 heterocycles. The number of ether oxygens (including phenoxy) is 1. The molecule has 0 bridgehead atoms. The number of methoxy groups -OCH3 is 1. The van der Waals surface area contributed by atoms with Crippen LogP contribution in [0, 0.1) is 6.92 Å². The number of rotatable bonds is 3. The number of nitrogens with zero attached hydrogens (tertiary/aromatic N) is 1. The van der Waals surface area contributed by atoms with Gasteiger partial charge in [-0.3, -0.25) is 0 Å². The van der Waals surface area contributed by atoms with E-state index in [2.05, 4.69) is 29.8 Å². The number of hydrogen-bond acceptors (Lipinski definition) is 2. The number of hydrogen-bond donors (Lipinski definition) is 0. The Morgan fingerprint density at radius 1 is 1.10 bits per heavy atom. The van der Waals surface area contributed by atoms with E-state index in [0.717, 1.165) is 23.0 Å². The minimum atomic E-state index is -0.298. The number of carbonyl (C=O) groups is 1. The summed E-state index contributed by atoms with van der Waals surface area (Å²) in [5.41, 5.74) is 3.91. The molecule has 2 aromatic carbocycles.